The van der Waals surface area contributed by atoms with Crippen LogP contribution in [-0.4, -0.2) is 14.5 Å². The summed E-state index contributed by atoms with van der Waals surface area (Å²) in [7, 11) is 0. The molecule has 0 bridgehead atoms. The van der Waals surface area contributed by atoms with Crippen molar-refractivity contribution in [3.05, 3.63) is 54.1 Å². The average Bonchev–Trinajstić information content (AvgIpc) is 2.84. The van der Waals surface area contributed by atoms with Gasteiger partial charge in [0.25, 0.3) is 0 Å². The Hall–Kier alpha value is -2.36. The molecule has 1 unspecified atom stereocenters. The predicted molar refractivity (Wildman–Crippen MR) is 81.6 cm³/mol. The number of aromatic nitrogens is 3. The lowest BCUT2D eigenvalue weighted by Crippen LogP contribution is -2.10. The molecule has 4 nitrogen and oxygen atoms in total. The van der Waals surface area contributed by atoms with Gasteiger partial charge in [-0.3, -0.25) is 4.98 Å². The monoisotopic (exact) mass is 266 g/mol. The number of nitrogen functional groups attached to an aromatic ring is 1. The molecule has 0 aliphatic carbocycles. The second kappa shape index (κ2) is 4.96. The third-order valence-corrected chi connectivity index (χ3v) is 3.66. The SMILES string of the molecule is CCc1nc2cc(N)ccc2n1C(C)c1cccnc1. The van der Waals surface area contributed by atoms with Crippen LogP contribution in [0.4, 0.5) is 5.69 Å². The van der Waals surface area contributed by atoms with Crippen LogP contribution in [-0.2, 0) is 6.42 Å². The predicted octanol–water partition coefficient (Wildman–Crippen LogP) is 3.19. The van der Waals surface area contributed by atoms with Gasteiger partial charge < -0.3 is 10.3 Å². The van der Waals surface area contributed by atoms with Crippen molar-refractivity contribution in [1.29, 1.82) is 0 Å². The van der Waals surface area contributed by atoms with Gasteiger partial charge in [0.05, 0.1) is 17.1 Å². The van der Waals surface area contributed by atoms with Gasteiger partial charge in [0.2, 0.25) is 0 Å². The highest BCUT2D eigenvalue weighted by Gasteiger charge is 2.16. The van der Waals surface area contributed by atoms with Crippen molar-refractivity contribution < 1.29 is 0 Å². The standard InChI is InChI=1S/C16H18N4/c1-3-16-19-14-9-13(17)6-7-15(14)20(16)11(2)12-5-4-8-18-10-12/h4-11H,3,17H2,1-2H3. The van der Waals surface area contributed by atoms with Crippen molar-refractivity contribution in [3.63, 3.8) is 0 Å². The van der Waals surface area contributed by atoms with E-state index in [0.29, 0.717) is 0 Å². The Bertz CT molecular complexity index is 731. The molecule has 0 radical (unpaired) electrons. The zero-order valence-electron chi connectivity index (χ0n) is 11.7. The van der Waals surface area contributed by atoms with Crippen molar-refractivity contribution in [3.8, 4) is 0 Å². The van der Waals surface area contributed by atoms with Gasteiger partial charge in [-0.15, -0.1) is 0 Å². The second-order valence-corrected chi connectivity index (χ2v) is 4.96. The Kier molecular flexibility index (Phi) is 3.14. The third-order valence-electron chi connectivity index (χ3n) is 3.66. The fourth-order valence-electron chi connectivity index (χ4n) is 2.62. The summed E-state index contributed by atoms with van der Waals surface area (Å²) in [6, 6.07) is 10.2. The highest BCUT2D eigenvalue weighted by molar-refractivity contribution is 5.80. The zero-order chi connectivity index (χ0) is 14.1. The number of aryl methyl sites for hydroxylation is 1. The van der Waals surface area contributed by atoms with Gasteiger partial charge in [0.1, 0.15) is 5.82 Å². The molecule has 3 rings (SSSR count). The van der Waals surface area contributed by atoms with E-state index in [1.54, 1.807) is 6.20 Å². The maximum atomic E-state index is 5.85. The van der Waals surface area contributed by atoms with E-state index in [0.717, 1.165) is 29.0 Å². The molecule has 0 aliphatic rings. The van der Waals surface area contributed by atoms with E-state index in [9.17, 15) is 0 Å². The Labute approximate surface area is 118 Å². The maximum Gasteiger partial charge on any atom is 0.110 e. The van der Waals surface area contributed by atoms with Gasteiger partial charge >= 0.3 is 0 Å². The highest BCUT2D eigenvalue weighted by atomic mass is 15.1. The number of rotatable bonds is 3. The Morgan fingerprint density at radius 2 is 2.15 bits per heavy atom. The quantitative estimate of drug-likeness (QED) is 0.741. The van der Waals surface area contributed by atoms with E-state index in [-0.39, 0.29) is 6.04 Å². The van der Waals surface area contributed by atoms with E-state index in [4.69, 9.17) is 10.7 Å². The summed E-state index contributed by atoms with van der Waals surface area (Å²) in [5, 5.41) is 0. The van der Waals surface area contributed by atoms with Crippen LogP contribution in [0.1, 0.15) is 31.3 Å². The number of hydrogen-bond donors (Lipinski definition) is 1. The van der Waals surface area contributed by atoms with Crippen LogP contribution in [0.3, 0.4) is 0 Å². The molecule has 2 aromatic heterocycles. The molecule has 20 heavy (non-hydrogen) atoms. The first-order valence-electron chi connectivity index (χ1n) is 6.87. The molecule has 0 aliphatic heterocycles. The minimum atomic E-state index is 0.201. The Balaban J connectivity index is 2.19. The summed E-state index contributed by atoms with van der Waals surface area (Å²) < 4.78 is 2.27. The molecule has 0 fully saturated rings. The first-order valence-corrected chi connectivity index (χ1v) is 6.87. The van der Waals surface area contributed by atoms with E-state index < -0.39 is 0 Å². The average molecular weight is 266 g/mol. The molecule has 4 heteroatoms. The number of nitrogens with zero attached hydrogens (tertiary/aromatic N) is 3. The van der Waals surface area contributed by atoms with Crippen molar-refractivity contribution in [2.45, 2.75) is 26.3 Å². The molecule has 0 saturated carbocycles. The number of nitrogens with two attached hydrogens (primary N) is 1. The summed E-state index contributed by atoms with van der Waals surface area (Å²) >= 11 is 0. The van der Waals surface area contributed by atoms with Crippen LogP contribution in [0.5, 0.6) is 0 Å². The second-order valence-electron chi connectivity index (χ2n) is 4.96. The lowest BCUT2D eigenvalue weighted by molar-refractivity contribution is 0.621. The summed E-state index contributed by atoms with van der Waals surface area (Å²) in [5.41, 5.74) is 9.85. The van der Waals surface area contributed by atoms with Crippen molar-refractivity contribution in [1.82, 2.24) is 14.5 Å². The molecule has 1 atom stereocenters. The van der Waals surface area contributed by atoms with Gasteiger partial charge in [-0.1, -0.05) is 13.0 Å². The number of pyridine rings is 1. The normalized spacial score (nSPS) is 12.7. The topological polar surface area (TPSA) is 56.7 Å². The van der Waals surface area contributed by atoms with Crippen molar-refractivity contribution in [2.24, 2.45) is 0 Å². The highest BCUT2D eigenvalue weighted by Crippen LogP contribution is 2.27. The smallest absolute Gasteiger partial charge is 0.110 e. The third kappa shape index (κ3) is 2.03. The van der Waals surface area contributed by atoms with Gasteiger partial charge in [0.15, 0.2) is 0 Å². The summed E-state index contributed by atoms with van der Waals surface area (Å²) in [4.78, 5) is 8.91. The molecule has 2 N–H and O–H groups in total. The summed E-state index contributed by atoms with van der Waals surface area (Å²) in [5.74, 6) is 1.07. The van der Waals surface area contributed by atoms with Crippen molar-refractivity contribution in [2.75, 3.05) is 5.73 Å². The van der Waals surface area contributed by atoms with Crippen LogP contribution >= 0.6 is 0 Å². The van der Waals surface area contributed by atoms with E-state index in [1.165, 1.54) is 5.56 Å². The van der Waals surface area contributed by atoms with Gasteiger partial charge in [-0.05, 0) is 36.8 Å². The van der Waals surface area contributed by atoms with E-state index in [2.05, 4.69) is 29.5 Å². The minimum absolute atomic E-state index is 0.201. The number of imidazole rings is 1. The largest absolute Gasteiger partial charge is 0.399 e. The number of fused-ring (bicyclic) bond motifs is 1. The van der Waals surface area contributed by atoms with E-state index in [1.807, 2.05) is 30.5 Å². The summed E-state index contributed by atoms with van der Waals surface area (Å²) in [6.07, 6.45) is 4.59. The first kappa shape index (κ1) is 12.7. The molecule has 2 heterocycles. The van der Waals surface area contributed by atoms with Crippen LogP contribution < -0.4 is 5.73 Å². The van der Waals surface area contributed by atoms with Gasteiger partial charge in [-0.2, -0.15) is 0 Å². The minimum Gasteiger partial charge on any atom is -0.399 e. The van der Waals surface area contributed by atoms with Crippen molar-refractivity contribution >= 4 is 16.7 Å². The molecule has 0 amide bonds. The number of hydrogen-bond acceptors (Lipinski definition) is 3. The first-order chi connectivity index (χ1) is 9.70. The molecule has 3 aromatic rings. The van der Waals surface area contributed by atoms with Gasteiger partial charge in [0, 0.05) is 24.5 Å². The fourth-order valence-corrected chi connectivity index (χ4v) is 2.62. The van der Waals surface area contributed by atoms with Crippen LogP contribution in [0, 0.1) is 0 Å². The molecule has 1 aromatic carbocycles. The van der Waals surface area contributed by atoms with Crippen LogP contribution in [0.15, 0.2) is 42.7 Å². The lowest BCUT2D eigenvalue weighted by Gasteiger charge is -2.17. The zero-order valence-corrected chi connectivity index (χ0v) is 11.7. The Morgan fingerprint density at radius 3 is 2.85 bits per heavy atom. The maximum absolute atomic E-state index is 5.85. The Morgan fingerprint density at radius 1 is 1.30 bits per heavy atom. The number of anilines is 1. The number of benzene rings is 1. The molecule has 0 saturated heterocycles. The van der Waals surface area contributed by atoms with Crippen LogP contribution in [0.2, 0.25) is 0 Å². The summed E-state index contributed by atoms with van der Waals surface area (Å²) in [6.45, 7) is 4.30. The van der Waals surface area contributed by atoms with Crippen LogP contribution in [0.25, 0.3) is 11.0 Å². The molecular formula is C16H18N4. The molecule has 102 valence electrons. The fraction of sp³-hybridized carbons (Fsp3) is 0.250. The van der Waals surface area contributed by atoms with Gasteiger partial charge in [-0.25, -0.2) is 4.98 Å². The lowest BCUT2D eigenvalue weighted by atomic mass is 10.1. The molecular weight excluding hydrogens is 248 g/mol. The van der Waals surface area contributed by atoms with E-state index >= 15 is 0 Å². The molecule has 0 spiro atoms.